The number of ether oxygens (including phenoxy) is 1. The van der Waals surface area contributed by atoms with E-state index in [2.05, 4.69) is 14.5 Å². The predicted molar refractivity (Wildman–Crippen MR) is 49.5 cm³/mol. The van der Waals surface area contributed by atoms with Crippen LogP contribution in [0.5, 0.6) is 0 Å². The van der Waals surface area contributed by atoms with E-state index in [4.69, 9.17) is 0 Å². The van der Waals surface area contributed by atoms with Crippen LogP contribution in [-0.4, -0.2) is 28.8 Å². The molecule has 0 aliphatic rings. The van der Waals surface area contributed by atoms with Gasteiger partial charge in [0.05, 0.1) is 0 Å². The Labute approximate surface area is 92.2 Å². The molecule has 0 aromatic carbocycles. The lowest BCUT2D eigenvalue weighted by molar-refractivity contribution is -0.291. The zero-order valence-corrected chi connectivity index (χ0v) is 9.31. The van der Waals surface area contributed by atoms with Crippen molar-refractivity contribution in [3.63, 3.8) is 0 Å². The van der Waals surface area contributed by atoms with Gasteiger partial charge in [-0.25, -0.2) is 19.4 Å². The minimum atomic E-state index is -2.43. The van der Waals surface area contributed by atoms with Crippen molar-refractivity contribution in [3.05, 3.63) is 0 Å². The largest absolute Gasteiger partial charge is 0.426 e. The van der Waals surface area contributed by atoms with Gasteiger partial charge in [-0.3, -0.25) is 4.79 Å². The highest BCUT2D eigenvalue weighted by atomic mass is 17.2. The Morgan fingerprint density at radius 1 is 1.19 bits per heavy atom. The summed E-state index contributed by atoms with van der Waals surface area (Å²) in [4.78, 5) is 40.6. The summed E-state index contributed by atoms with van der Waals surface area (Å²) in [7, 11) is 0. The lowest BCUT2D eigenvalue weighted by Crippen LogP contribution is -2.43. The van der Waals surface area contributed by atoms with Crippen molar-refractivity contribution in [2.75, 3.05) is 0 Å². The number of hydrogen-bond acceptors (Lipinski definition) is 7. The zero-order chi connectivity index (χ0) is 12.8. The van der Waals surface area contributed by atoms with Crippen molar-refractivity contribution in [3.8, 4) is 0 Å². The number of hydrogen-bond donors (Lipinski definition) is 1. The van der Waals surface area contributed by atoms with Crippen molar-refractivity contribution in [1.29, 1.82) is 0 Å². The molecule has 0 amide bonds. The van der Waals surface area contributed by atoms with Gasteiger partial charge < -0.3 is 9.84 Å². The Bertz CT molecular complexity index is 286. The Balaban J connectivity index is 4.41. The van der Waals surface area contributed by atoms with Crippen LogP contribution >= 0.6 is 0 Å². The van der Waals surface area contributed by atoms with Crippen LogP contribution in [0.25, 0.3) is 0 Å². The van der Waals surface area contributed by atoms with Gasteiger partial charge in [0.25, 0.3) is 0 Å². The van der Waals surface area contributed by atoms with E-state index < -0.39 is 23.7 Å². The molecule has 0 aromatic rings. The summed E-state index contributed by atoms with van der Waals surface area (Å²) in [5.74, 6) is -5.43. The predicted octanol–water partition coefficient (Wildman–Crippen LogP) is 0.0595. The maximum absolute atomic E-state index is 11.2. The van der Waals surface area contributed by atoms with E-state index in [0.29, 0.717) is 0 Å². The first-order valence-electron chi connectivity index (χ1n) is 4.69. The van der Waals surface area contributed by atoms with Crippen molar-refractivity contribution in [1.82, 2.24) is 0 Å². The molecule has 1 N–H and O–H groups in total. The second kappa shape index (κ2) is 6.06. The molecule has 0 bridgehead atoms. The molecule has 92 valence electrons. The molecule has 0 aliphatic carbocycles. The number of rotatable bonds is 4. The lowest BCUT2D eigenvalue weighted by atomic mass is 10.2. The Morgan fingerprint density at radius 3 is 2.12 bits per heavy atom. The van der Waals surface area contributed by atoms with Crippen LogP contribution in [0, 0.1) is 0 Å². The van der Waals surface area contributed by atoms with Gasteiger partial charge in [0.15, 0.2) is 0 Å². The molecule has 1 atom stereocenters. The van der Waals surface area contributed by atoms with Crippen LogP contribution in [-0.2, 0) is 28.9 Å². The molecule has 0 saturated carbocycles. The third kappa shape index (κ3) is 4.26. The third-order valence-corrected chi connectivity index (χ3v) is 1.61. The summed E-state index contributed by atoms with van der Waals surface area (Å²) in [5.41, 5.74) is 0. The standard InChI is InChI=1S/C9H14O7/c1-4-7(11)15-16-8(12)9(13,5-2)14-6(3)10/h13H,4-5H2,1-3H3. The molecule has 7 nitrogen and oxygen atoms in total. The second-order valence-corrected chi connectivity index (χ2v) is 2.91. The van der Waals surface area contributed by atoms with Crippen LogP contribution in [0.2, 0.25) is 0 Å². The summed E-state index contributed by atoms with van der Waals surface area (Å²) in [6.45, 7) is 3.91. The summed E-state index contributed by atoms with van der Waals surface area (Å²) in [6, 6.07) is 0. The summed E-state index contributed by atoms with van der Waals surface area (Å²) in [6.07, 6.45) is -0.222. The fraction of sp³-hybridized carbons (Fsp3) is 0.667. The number of aliphatic hydroxyl groups is 1. The fourth-order valence-electron chi connectivity index (χ4n) is 0.704. The second-order valence-electron chi connectivity index (χ2n) is 2.91. The van der Waals surface area contributed by atoms with Gasteiger partial charge in [0.2, 0.25) is 0 Å². The number of carbonyl (C=O) groups is 3. The van der Waals surface area contributed by atoms with Crippen LogP contribution in [0.1, 0.15) is 33.6 Å². The zero-order valence-electron chi connectivity index (χ0n) is 9.31. The molecule has 1 unspecified atom stereocenters. The summed E-state index contributed by atoms with van der Waals surface area (Å²) >= 11 is 0. The van der Waals surface area contributed by atoms with E-state index in [-0.39, 0.29) is 12.8 Å². The highest BCUT2D eigenvalue weighted by Gasteiger charge is 2.41. The van der Waals surface area contributed by atoms with Gasteiger partial charge in [-0.15, -0.1) is 0 Å². The van der Waals surface area contributed by atoms with E-state index in [1.807, 2.05) is 0 Å². The molecule has 0 heterocycles. The highest BCUT2D eigenvalue weighted by molar-refractivity contribution is 5.81. The van der Waals surface area contributed by atoms with E-state index in [0.717, 1.165) is 6.92 Å². The van der Waals surface area contributed by atoms with Gasteiger partial charge in [-0.05, 0) is 0 Å². The molecule has 0 rings (SSSR count). The molecular weight excluding hydrogens is 220 g/mol. The smallest absolute Gasteiger partial charge is 0.421 e. The Kier molecular flexibility index (Phi) is 5.44. The molecule has 16 heavy (non-hydrogen) atoms. The topological polar surface area (TPSA) is 99.1 Å². The van der Waals surface area contributed by atoms with Gasteiger partial charge in [-0.1, -0.05) is 13.8 Å². The van der Waals surface area contributed by atoms with E-state index in [1.54, 1.807) is 0 Å². The first-order chi connectivity index (χ1) is 7.35. The van der Waals surface area contributed by atoms with Crippen molar-refractivity contribution >= 4 is 17.9 Å². The van der Waals surface area contributed by atoms with Crippen LogP contribution < -0.4 is 0 Å². The first-order valence-corrected chi connectivity index (χ1v) is 4.69. The van der Waals surface area contributed by atoms with Crippen molar-refractivity contribution in [2.24, 2.45) is 0 Å². The SMILES string of the molecule is CCC(=O)OOC(=O)C(O)(CC)OC(C)=O. The molecular formula is C9H14O7. The average molecular weight is 234 g/mol. The fourth-order valence-corrected chi connectivity index (χ4v) is 0.704. The van der Waals surface area contributed by atoms with Gasteiger partial charge in [-0.2, -0.15) is 0 Å². The van der Waals surface area contributed by atoms with Gasteiger partial charge in [0.1, 0.15) is 0 Å². The minimum absolute atomic E-state index is 0.00536. The van der Waals surface area contributed by atoms with E-state index in [1.165, 1.54) is 13.8 Å². The molecule has 7 heteroatoms. The number of carbonyl (C=O) groups excluding carboxylic acids is 3. The first kappa shape index (κ1) is 14.4. The Morgan fingerprint density at radius 2 is 1.75 bits per heavy atom. The van der Waals surface area contributed by atoms with Gasteiger partial charge >= 0.3 is 23.7 Å². The maximum Gasteiger partial charge on any atom is 0.426 e. The quantitative estimate of drug-likeness (QED) is 0.317. The molecule has 0 aromatic heterocycles. The molecule has 0 spiro atoms. The molecule has 0 aliphatic heterocycles. The molecule has 0 saturated heterocycles. The van der Waals surface area contributed by atoms with Crippen LogP contribution in [0.15, 0.2) is 0 Å². The summed E-state index contributed by atoms with van der Waals surface area (Å²) in [5, 5.41) is 9.54. The molecule has 0 radical (unpaired) electrons. The maximum atomic E-state index is 11.2. The third-order valence-electron chi connectivity index (χ3n) is 1.61. The monoisotopic (exact) mass is 234 g/mol. The minimum Gasteiger partial charge on any atom is -0.421 e. The Hall–Kier alpha value is -1.63. The molecule has 0 fully saturated rings. The number of esters is 1. The van der Waals surface area contributed by atoms with Crippen molar-refractivity contribution < 1.29 is 34.0 Å². The van der Waals surface area contributed by atoms with Crippen LogP contribution in [0.3, 0.4) is 0 Å². The highest BCUT2D eigenvalue weighted by Crippen LogP contribution is 2.14. The summed E-state index contributed by atoms with van der Waals surface area (Å²) < 4.78 is 4.37. The average Bonchev–Trinajstić information content (AvgIpc) is 2.23. The van der Waals surface area contributed by atoms with E-state index >= 15 is 0 Å². The van der Waals surface area contributed by atoms with Crippen molar-refractivity contribution in [2.45, 2.75) is 39.4 Å². The lowest BCUT2D eigenvalue weighted by Gasteiger charge is -2.21. The van der Waals surface area contributed by atoms with Gasteiger partial charge in [0, 0.05) is 19.8 Å². The van der Waals surface area contributed by atoms with E-state index in [9.17, 15) is 19.5 Å². The van der Waals surface area contributed by atoms with Crippen LogP contribution in [0.4, 0.5) is 0 Å². The normalized spacial score (nSPS) is 13.5.